The van der Waals surface area contributed by atoms with Crippen LogP contribution in [0.25, 0.3) is 0 Å². The molecular weight excluding hydrogens is 392 g/mol. The van der Waals surface area contributed by atoms with Gasteiger partial charge in [0.2, 0.25) is 0 Å². The zero-order valence-electron chi connectivity index (χ0n) is 17.8. The number of unbranched alkanes of at least 4 members (excludes halogenated alkanes) is 1. The molecule has 2 heterocycles. The Morgan fingerprint density at radius 3 is 2.55 bits per heavy atom. The molecule has 0 spiro atoms. The number of nitrogens with zero attached hydrogens (tertiary/aromatic N) is 6. The normalized spacial score (nSPS) is 16.4. The summed E-state index contributed by atoms with van der Waals surface area (Å²) in [7, 11) is 0. The number of amides is 3. The molecule has 160 valence electrons. The van der Waals surface area contributed by atoms with Crippen molar-refractivity contribution in [3.63, 3.8) is 0 Å². The highest BCUT2D eigenvalue weighted by Gasteiger charge is 2.49. The SMILES string of the molecule is CCCCn1nnnc1C1C(=O)N(c2cccc(C)c2)C(=O)N1CCc1ccccc1. The van der Waals surface area contributed by atoms with Gasteiger partial charge in [0.1, 0.15) is 0 Å². The summed E-state index contributed by atoms with van der Waals surface area (Å²) in [6.45, 7) is 5.01. The summed E-state index contributed by atoms with van der Waals surface area (Å²) < 4.78 is 1.65. The van der Waals surface area contributed by atoms with Gasteiger partial charge >= 0.3 is 6.03 Å². The molecule has 0 aliphatic carbocycles. The molecule has 4 rings (SSSR count). The van der Waals surface area contributed by atoms with E-state index < -0.39 is 6.04 Å². The summed E-state index contributed by atoms with van der Waals surface area (Å²) in [4.78, 5) is 29.8. The summed E-state index contributed by atoms with van der Waals surface area (Å²) >= 11 is 0. The van der Waals surface area contributed by atoms with Crippen LogP contribution in [0.5, 0.6) is 0 Å². The van der Waals surface area contributed by atoms with Gasteiger partial charge < -0.3 is 4.90 Å². The molecule has 0 bridgehead atoms. The predicted octanol–water partition coefficient (Wildman–Crippen LogP) is 3.53. The maximum Gasteiger partial charge on any atom is 0.332 e. The van der Waals surface area contributed by atoms with Crippen LogP contribution in [-0.4, -0.2) is 43.6 Å². The van der Waals surface area contributed by atoms with Crippen LogP contribution in [0.1, 0.15) is 42.8 Å². The van der Waals surface area contributed by atoms with E-state index in [1.54, 1.807) is 15.6 Å². The smallest absolute Gasteiger partial charge is 0.304 e. The van der Waals surface area contributed by atoms with Crippen LogP contribution in [0, 0.1) is 6.92 Å². The average Bonchev–Trinajstić information content (AvgIpc) is 3.32. The molecule has 1 aromatic heterocycles. The fourth-order valence-corrected chi connectivity index (χ4v) is 3.84. The molecule has 8 nitrogen and oxygen atoms in total. The lowest BCUT2D eigenvalue weighted by Crippen LogP contribution is -2.34. The largest absolute Gasteiger partial charge is 0.332 e. The van der Waals surface area contributed by atoms with Gasteiger partial charge in [-0.05, 0) is 53.5 Å². The third-order valence-corrected chi connectivity index (χ3v) is 5.47. The Labute approximate surface area is 181 Å². The molecule has 3 aromatic rings. The van der Waals surface area contributed by atoms with E-state index in [1.165, 1.54) is 4.90 Å². The number of benzene rings is 2. The van der Waals surface area contributed by atoms with Crippen molar-refractivity contribution in [2.45, 2.75) is 45.7 Å². The summed E-state index contributed by atoms with van der Waals surface area (Å²) in [5.74, 6) is 0.0891. The quantitative estimate of drug-likeness (QED) is 0.523. The first-order valence-electron chi connectivity index (χ1n) is 10.6. The van der Waals surface area contributed by atoms with Gasteiger partial charge in [0.05, 0.1) is 5.69 Å². The maximum absolute atomic E-state index is 13.5. The van der Waals surface area contributed by atoms with Gasteiger partial charge in [0, 0.05) is 13.1 Å². The number of carbonyl (C=O) groups is 2. The van der Waals surface area contributed by atoms with Gasteiger partial charge in [-0.15, -0.1) is 5.10 Å². The van der Waals surface area contributed by atoms with Crippen LogP contribution in [0.2, 0.25) is 0 Å². The van der Waals surface area contributed by atoms with Crippen molar-refractivity contribution in [3.8, 4) is 0 Å². The fourth-order valence-electron chi connectivity index (χ4n) is 3.84. The van der Waals surface area contributed by atoms with Gasteiger partial charge in [0.15, 0.2) is 11.9 Å². The van der Waals surface area contributed by atoms with Crippen LogP contribution >= 0.6 is 0 Å². The van der Waals surface area contributed by atoms with Crippen LogP contribution in [0.4, 0.5) is 10.5 Å². The molecule has 1 fully saturated rings. The fraction of sp³-hybridized carbons (Fsp3) is 0.348. The lowest BCUT2D eigenvalue weighted by Gasteiger charge is -2.21. The van der Waals surface area contributed by atoms with Crippen molar-refractivity contribution in [1.29, 1.82) is 0 Å². The van der Waals surface area contributed by atoms with E-state index in [0.29, 0.717) is 31.0 Å². The summed E-state index contributed by atoms with van der Waals surface area (Å²) in [6, 6.07) is 16.1. The number of tetrazole rings is 1. The first kappa shape index (κ1) is 20.7. The van der Waals surface area contributed by atoms with E-state index in [1.807, 2.05) is 55.5 Å². The highest BCUT2D eigenvalue weighted by Crippen LogP contribution is 2.33. The molecule has 3 amide bonds. The van der Waals surface area contributed by atoms with Crippen molar-refractivity contribution in [1.82, 2.24) is 25.1 Å². The van der Waals surface area contributed by atoms with E-state index in [2.05, 4.69) is 22.4 Å². The first-order valence-corrected chi connectivity index (χ1v) is 10.6. The van der Waals surface area contributed by atoms with E-state index in [4.69, 9.17) is 0 Å². The van der Waals surface area contributed by atoms with Crippen molar-refractivity contribution >= 4 is 17.6 Å². The number of hydrogen-bond donors (Lipinski definition) is 0. The van der Waals surface area contributed by atoms with Gasteiger partial charge in [-0.25, -0.2) is 14.4 Å². The predicted molar refractivity (Wildman–Crippen MR) is 116 cm³/mol. The van der Waals surface area contributed by atoms with Crippen LogP contribution in [0.15, 0.2) is 54.6 Å². The molecule has 1 aliphatic rings. The average molecular weight is 419 g/mol. The third-order valence-electron chi connectivity index (χ3n) is 5.47. The number of carbonyl (C=O) groups excluding carboxylic acids is 2. The number of imide groups is 1. The highest BCUT2D eigenvalue weighted by molar-refractivity contribution is 6.21. The first-order chi connectivity index (χ1) is 15.1. The number of aromatic nitrogens is 4. The monoisotopic (exact) mass is 418 g/mol. The highest BCUT2D eigenvalue weighted by atomic mass is 16.2. The Balaban J connectivity index is 1.69. The minimum absolute atomic E-state index is 0.323. The number of aryl methyl sites for hydroxylation is 2. The minimum Gasteiger partial charge on any atom is -0.304 e. The topological polar surface area (TPSA) is 84.2 Å². The van der Waals surface area contributed by atoms with Crippen molar-refractivity contribution < 1.29 is 9.59 Å². The third kappa shape index (κ3) is 4.19. The minimum atomic E-state index is -0.844. The van der Waals surface area contributed by atoms with Crippen LogP contribution in [0.3, 0.4) is 0 Å². The summed E-state index contributed by atoms with van der Waals surface area (Å²) in [5, 5.41) is 12.0. The Bertz CT molecular complexity index is 1060. The zero-order chi connectivity index (χ0) is 21.8. The Hall–Kier alpha value is -3.55. The molecular formula is C23H26N6O2. The summed E-state index contributed by atoms with van der Waals surface area (Å²) in [5.41, 5.74) is 2.64. The molecule has 31 heavy (non-hydrogen) atoms. The lowest BCUT2D eigenvalue weighted by molar-refractivity contribution is -0.120. The van der Waals surface area contributed by atoms with E-state index >= 15 is 0 Å². The summed E-state index contributed by atoms with van der Waals surface area (Å²) in [6.07, 6.45) is 2.50. The standard InChI is InChI=1S/C23H26N6O2/c1-3-4-14-28-21(24-25-26-28)20-22(30)29(19-12-8-9-17(2)16-19)23(31)27(20)15-13-18-10-6-5-7-11-18/h5-12,16,20H,3-4,13-15H2,1-2H3. The molecule has 1 unspecified atom stereocenters. The number of hydrogen-bond acceptors (Lipinski definition) is 5. The number of urea groups is 1. The molecule has 8 heteroatoms. The molecule has 1 saturated heterocycles. The molecule has 1 atom stereocenters. The van der Waals surface area contributed by atoms with E-state index in [0.717, 1.165) is 24.0 Å². The van der Waals surface area contributed by atoms with Crippen molar-refractivity contribution in [2.75, 3.05) is 11.4 Å². The van der Waals surface area contributed by atoms with Crippen molar-refractivity contribution in [2.24, 2.45) is 0 Å². The Kier molecular flexibility index (Phi) is 6.06. The number of rotatable bonds is 8. The molecule has 0 saturated carbocycles. The second kappa shape index (κ2) is 9.07. The molecule has 2 aromatic carbocycles. The van der Waals surface area contributed by atoms with E-state index in [-0.39, 0.29) is 11.9 Å². The Morgan fingerprint density at radius 1 is 1.00 bits per heavy atom. The van der Waals surface area contributed by atoms with Gasteiger partial charge in [0.25, 0.3) is 5.91 Å². The van der Waals surface area contributed by atoms with Gasteiger partial charge in [-0.2, -0.15) is 0 Å². The molecule has 1 aliphatic heterocycles. The van der Waals surface area contributed by atoms with E-state index in [9.17, 15) is 9.59 Å². The molecule has 0 N–H and O–H groups in total. The zero-order valence-corrected chi connectivity index (χ0v) is 17.8. The van der Waals surface area contributed by atoms with Crippen molar-refractivity contribution in [3.05, 3.63) is 71.5 Å². The van der Waals surface area contributed by atoms with Crippen LogP contribution in [-0.2, 0) is 17.8 Å². The maximum atomic E-state index is 13.5. The van der Waals surface area contributed by atoms with Gasteiger partial charge in [-0.1, -0.05) is 55.8 Å². The van der Waals surface area contributed by atoms with Crippen LogP contribution < -0.4 is 4.90 Å². The van der Waals surface area contributed by atoms with Gasteiger partial charge in [-0.3, -0.25) is 4.79 Å². The second-order valence-corrected chi connectivity index (χ2v) is 7.74. The second-order valence-electron chi connectivity index (χ2n) is 7.74. The number of anilines is 1. The molecule has 0 radical (unpaired) electrons. The Morgan fingerprint density at radius 2 is 1.81 bits per heavy atom. The lowest BCUT2D eigenvalue weighted by atomic mass is 10.1.